The van der Waals surface area contributed by atoms with E-state index in [1.54, 1.807) is 42.5 Å². The topological polar surface area (TPSA) is 109 Å². The maximum absolute atomic E-state index is 10.0. The van der Waals surface area contributed by atoms with E-state index in [0.717, 1.165) is 5.56 Å². The molecule has 0 saturated heterocycles. The number of anilines is 2. The van der Waals surface area contributed by atoms with E-state index in [1.165, 1.54) is 0 Å². The number of pyridine rings is 1. The molecule has 3 rings (SSSR count). The normalized spacial score (nSPS) is 10.2. The molecule has 0 bridgehead atoms. The third kappa shape index (κ3) is 2.65. The minimum Gasteiger partial charge on any atom is -0.507 e. The Bertz CT molecular complexity index is 929. The SMILES string of the molecule is N#Cc1c(-c2cccc(N)c2)cc(-c2ccccc2O)nc1N. The molecule has 5 N–H and O–H groups in total. The van der Waals surface area contributed by atoms with Crippen LogP contribution in [-0.2, 0) is 0 Å². The number of nitrogens with zero attached hydrogens (tertiary/aromatic N) is 2. The summed E-state index contributed by atoms with van der Waals surface area (Å²) in [5.41, 5.74) is 15.1. The van der Waals surface area contributed by atoms with Crippen LogP contribution in [0.1, 0.15) is 5.56 Å². The van der Waals surface area contributed by atoms with Gasteiger partial charge in [0, 0.05) is 16.8 Å². The molecular formula is C18H14N4O. The minimum absolute atomic E-state index is 0.0997. The van der Waals surface area contributed by atoms with Crippen molar-refractivity contribution in [3.63, 3.8) is 0 Å². The first-order chi connectivity index (χ1) is 11.1. The third-order valence-corrected chi connectivity index (χ3v) is 3.54. The van der Waals surface area contributed by atoms with Gasteiger partial charge in [0.1, 0.15) is 23.2 Å². The summed E-state index contributed by atoms with van der Waals surface area (Å²) < 4.78 is 0. The average molecular weight is 302 g/mol. The van der Waals surface area contributed by atoms with E-state index in [1.807, 2.05) is 12.1 Å². The summed E-state index contributed by atoms with van der Waals surface area (Å²) in [5.74, 6) is 0.216. The monoisotopic (exact) mass is 302 g/mol. The van der Waals surface area contributed by atoms with Crippen molar-refractivity contribution in [2.24, 2.45) is 0 Å². The lowest BCUT2D eigenvalue weighted by atomic mass is 9.98. The molecule has 1 heterocycles. The number of nitrogen functional groups attached to an aromatic ring is 2. The lowest BCUT2D eigenvalue weighted by Crippen LogP contribution is -2.00. The zero-order chi connectivity index (χ0) is 16.4. The first kappa shape index (κ1) is 14.4. The summed E-state index contributed by atoms with van der Waals surface area (Å²) in [7, 11) is 0. The quantitative estimate of drug-likeness (QED) is 0.630. The van der Waals surface area contributed by atoms with Crippen LogP contribution in [0, 0.1) is 11.3 Å². The summed E-state index contributed by atoms with van der Waals surface area (Å²) in [4.78, 5) is 4.25. The Labute approximate surface area is 133 Å². The van der Waals surface area contributed by atoms with Crippen LogP contribution < -0.4 is 11.5 Å². The number of rotatable bonds is 2. The van der Waals surface area contributed by atoms with E-state index < -0.39 is 0 Å². The van der Waals surface area contributed by atoms with E-state index in [0.29, 0.717) is 22.5 Å². The third-order valence-electron chi connectivity index (χ3n) is 3.54. The van der Waals surface area contributed by atoms with E-state index in [9.17, 15) is 10.4 Å². The molecule has 0 fully saturated rings. The molecule has 0 saturated carbocycles. The molecule has 0 unspecified atom stereocenters. The van der Waals surface area contributed by atoms with Crippen LogP contribution >= 0.6 is 0 Å². The second-order valence-electron chi connectivity index (χ2n) is 5.07. The van der Waals surface area contributed by atoms with Gasteiger partial charge in [-0.25, -0.2) is 4.98 Å². The van der Waals surface area contributed by atoms with Gasteiger partial charge in [-0.05, 0) is 35.9 Å². The van der Waals surface area contributed by atoms with E-state index in [2.05, 4.69) is 11.1 Å². The fourth-order valence-electron chi connectivity index (χ4n) is 2.44. The standard InChI is InChI=1S/C18H14N4O/c19-10-15-14(11-4-3-5-12(20)8-11)9-16(22-18(15)21)13-6-1-2-7-17(13)23/h1-9,23H,20H2,(H2,21,22). The van der Waals surface area contributed by atoms with Gasteiger partial charge >= 0.3 is 0 Å². The molecule has 5 nitrogen and oxygen atoms in total. The predicted molar refractivity (Wildman–Crippen MR) is 90.3 cm³/mol. The molecule has 3 aromatic rings. The summed E-state index contributed by atoms with van der Waals surface area (Å²) in [6, 6.07) is 17.9. The van der Waals surface area contributed by atoms with Gasteiger partial charge in [-0.1, -0.05) is 24.3 Å². The maximum atomic E-state index is 10.0. The fraction of sp³-hybridized carbons (Fsp3) is 0. The zero-order valence-electron chi connectivity index (χ0n) is 12.2. The van der Waals surface area contributed by atoms with Gasteiger partial charge in [0.25, 0.3) is 0 Å². The van der Waals surface area contributed by atoms with Gasteiger partial charge in [0.05, 0.1) is 5.69 Å². The van der Waals surface area contributed by atoms with Crippen LogP contribution in [0.5, 0.6) is 5.75 Å². The number of phenols is 1. The summed E-state index contributed by atoms with van der Waals surface area (Å²) in [6.07, 6.45) is 0. The van der Waals surface area contributed by atoms with Crippen LogP contribution in [0.15, 0.2) is 54.6 Å². The maximum Gasteiger partial charge on any atom is 0.142 e. The number of hydrogen-bond donors (Lipinski definition) is 3. The van der Waals surface area contributed by atoms with Crippen molar-refractivity contribution in [3.05, 3.63) is 60.2 Å². The van der Waals surface area contributed by atoms with E-state index >= 15 is 0 Å². The second kappa shape index (κ2) is 5.70. The Kier molecular flexibility index (Phi) is 3.57. The molecule has 0 radical (unpaired) electrons. The van der Waals surface area contributed by atoms with E-state index in [4.69, 9.17) is 11.5 Å². The molecule has 2 aromatic carbocycles. The summed E-state index contributed by atoms with van der Waals surface area (Å²) >= 11 is 0. The van der Waals surface area contributed by atoms with Crippen LogP contribution in [0.25, 0.3) is 22.4 Å². The molecule has 23 heavy (non-hydrogen) atoms. The van der Waals surface area contributed by atoms with Crippen LogP contribution in [0.4, 0.5) is 11.5 Å². The van der Waals surface area contributed by atoms with E-state index in [-0.39, 0.29) is 17.1 Å². The molecular weight excluding hydrogens is 288 g/mol. The Hall–Kier alpha value is -3.52. The number of nitriles is 1. The number of aromatic nitrogens is 1. The van der Waals surface area contributed by atoms with Crippen molar-refractivity contribution in [1.29, 1.82) is 5.26 Å². The van der Waals surface area contributed by atoms with Gasteiger partial charge in [-0.3, -0.25) is 0 Å². The van der Waals surface area contributed by atoms with Gasteiger partial charge in [-0.15, -0.1) is 0 Å². The highest BCUT2D eigenvalue weighted by molar-refractivity contribution is 5.82. The first-order valence-electron chi connectivity index (χ1n) is 6.95. The van der Waals surface area contributed by atoms with Gasteiger partial charge in [0.15, 0.2) is 0 Å². The van der Waals surface area contributed by atoms with Crippen molar-refractivity contribution < 1.29 is 5.11 Å². The summed E-state index contributed by atoms with van der Waals surface area (Å²) in [5, 5.41) is 19.4. The molecule has 0 spiro atoms. The first-order valence-corrected chi connectivity index (χ1v) is 6.95. The number of hydrogen-bond acceptors (Lipinski definition) is 5. The zero-order valence-corrected chi connectivity index (χ0v) is 12.2. The Morgan fingerprint density at radius 2 is 1.74 bits per heavy atom. The van der Waals surface area contributed by atoms with Crippen LogP contribution in [0.2, 0.25) is 0 Å². The van der Waals surface area contributed by atoms with Crippen molar-refractivity contribution >= 4 is 11.5 Å². The van der Waals surface area contributed by atoms with Crippen molar-refractivity contribution in [1.82, 2.24) is 4.98 Å². The Morgan fingerprint density at radius 3 is 2.43 bits per heavy atom. The molecule has 0 amide bonds. The Balaban J connectivity index is 2.27. The molecule has 1 aromatic heterocycles. The molecule has 112 valence electrons. The van der Waals surface area contributed by atoms with Crippen molar-refractivity contribution in [2.75, 3.05) is 11.5 Å². The van der Waals surface area contributed by atoms with Crippen molar-refractivity contribution in [3.8, 4) is 34.2 Å². The molecule has 0 aliphatic heterocycles. The average Bonchev–Trinajstić information content (AvgIpc) is 2.54. The second-order valence-corrected chi connectivity index (χ2v) is 5.07. The van der Waals surface area contributed by atoms with Crippen LogP contribution in [-0.4, -0.2) is 10.1 Å². The van der Waals surface area contributed by atoms with Crippen molar-refractivity contribution in [2.45, 2.75) is 0 Å². The largest absolute Gasteiger partial charge is 0.507 e. The molecule has 5 heteroatoms. The number of phenolic OH excluding ortho intramolecular Hbond substituents is 1. The summed E-state index contributed by atoms with van der Waals surface area (Å²) in [6.45, 7) is 0. The smallest absolute Gasteiger partial charge is 0.142 e. The lowest BCUT2D eigenvalue weighted by Gasteiger charge is -2.11. The Morgan fingerprint density at radius 1 is 0.957 bits per heavy atom. The number of benzene rings is 2. The number of nitrogens with two attached hydrogens (primary N) is 2. The minimum atomic E-state index is 0.0997. The highest BCUT2D eigenvalue weighted by Crippen LogP contribution is 2.34. The van der Waals surface area contributed by atoms with Gasteiger partial charge in [0.2, 0.25) is 0 Å². The number of aromatic hydroxyl groups is 1. The number of para-hydroxylation sites is 1. The predicted octanol–water partition coefficient (Wildman–Crippen LogP) is 3.16. The fourth-order valence-corrected chi connectivity index (χ4v) is 2.44. The molecule has 0 aliphatic rings. The van der Waals surface area contributed by atoms with Crippen LogP contribution in [0.3, 0.4) is 0 Å². The lowest BCUT2D eigenvalue weighted by molar-refractivity contribution is 0.477. The highest BCUT2D eigenvalue weighted by atomic mass is 16.3. The molecule has 0 aliphatic carbocycles. The highest BCUT2D eigenvalue weighted by Gasteiger charge is 2.15. The van der Waals surface area contributed by atoms with Gasteiger partial charge in [-0.2, -0.15) is 5.26 Å². The molecule has 0 atom stereocenters. The van der Waals surface area contributed by atoms with Gasteiger partial charge < -0.3 is 16.6 Å².